The third kappa shape index (κ3) is 2.83. The van der Waals surface area contributed by atoms with E-state index in [0.717, 1.165) is 5.56 Å². The van der Waals surface area contributed by atoms with Gasteiger partial charge in [0.15, 0.2) is 5.69 Å². The molecule has 6 heteroatoms. The molecule has 0 saturated carbocycles. The predicted octanol–water partition coefficient (Wildman–Crippen LogP) is 1.30. The number of aromatic carboxylic acids is 1. The molecule has 98 valence electrons. The fourth-order valence-electron chi connectivity index (χ4n) is 1.53. The van der Waals surface area contributed by atoms with Gasteiger partial charge in [-0.2, -0.15) is 10.2 Å². The van der Waals surface area contributed by atoms with E-state index in [4.69, 9.17) is 5.11 Å². The first-order valence-corrected chi connectivity index (χ1v) is 5.80. The first-order valence-electron chi connectivity index (χ1n) is 5.80. The van der Waals surface area contributed by atoms with Gasteiger partial charge in [0.25, 0.3) is 0 Å². The lowest BCUT2D eigenvalue weighted by molar-refractivity contribution is 0.0689. The summed E-state index contributed by atoms with van der Waals surface area (Å²) in [5.74, 6) is 4.64. The average molecular weight is 258 g/mol. The molecule has 0 aliphatic heterocycles. The molecule has 2 rings (SSSR count). The van der Waals surface area contributed by atoms with Gasteiger partial charge >= 0.3 is 5.97 Å². The topological polar surface area (TPSA) is 72.9 Å². The van der Waals surface area contributed by atoms with Crippen LogP contribution in [0.5, 0.6) is 0 Å². The van der Waals surface area contributed by atoms with Crippen molar-refractivity contribution in [2.24, 2.45) is 7.05 Å². The van der Waals surface area contributed by atoms with Gasteiger partial charge in [-0.25, -0.2) is 4.79 Å². The van der Waals surface area contributed by atoms with E-state index in [0.29, 0.717) is 5.56 Å². The number of carbonyl (C=O) groups is 1. The van der Waals surface area contributed by atoms with Crippen LogP contribution in [0.3, 0.4) is 0 Å². The van der Waals surface area contributed by atoms with Gasteiger partial charge in [-0.1, -0.05) is 11.8 Å². The number of aromatic nitrogens is 4. The van der Waals surface area contributed by atoms with Crippen LogP contribution in [-0.2, 0) is 7.05 Å². The molecule has 0 atom stereocenters. The zero-order valence-corrected chi connectivity index (χ0v) is 11.0. The molecule has 0 aliphatic carbocycles. The Kier molecular flexibility index (Phi) is 3.38. The highest BCUT2D eigenvalue weighted by atomic mass is 16.4. The zero-order chi connectivity index (χ0) is 14.0. The van der Waals surface area contributed by atoms with E-state index in [9.17, 15) is 4.79 Å². The molecule has 0 spiro atoms. The summed E-state index contributed by atoms with van der Waals surface area (Å²) in [6.45, 7) is 3.86. The number of hydrogen-bond donors (Lipinski definition) is 1. The largest absolute Gasteiger partial charge is 0.476 e. The zero-order valence-electron chi connectivity index (χ0n) is 11.0. The first kappa shape index (κ1) is 12.9. The molecule has 6 nitrogen and oxygen atoms in total. The fourth-order valence-corrected chi connectivity index (χ4v) is 1.53. The minimum absolute atomic E-state index is 0.0231. The van der Waals surface area contributed by atoms with Crippen LogP contribution in [0.1, 0.15) is 41.5 Å². The number of nitrogens with zero attached hydrogens (tertiary/aromatic N) is 4. The molecule has 1 N–H and O–H groups in total. The van der Waals surface area contributed by atoms with Crippen LogP contribution in [0, 0.1) is 11.8 Å². The van der Waals surface area contributed by atoms with Crippen LogP contribution in [0.2, 0.25) is 0 Å². The molecule has 0 bridgehead atoms. The molecule has 2 heterocycles. The van der Waals surface area contributed by atoms with E-state index in [-0.39, 0.29) is 11.7 Å². The van der Waals surface area contributed by atoms with Gasteiger partial charge in [0.2, 0.25) is 0 Å². The Morgan fingerprint density at radius 2 is 2.11 bits per heavy atom. The Bertz CT molecular complexity index is 670. The van der Waals surface area contributed by atoms with Crippen LogP contribution in [0.25, 0.3) is 0 Å². The van der Waals surface area contributed by atoms with Gasteiger partial charge in [-0.15, -0.1) is 0 Å². The molecule has 0 radical (unpaired) electrons. The van der Waals surface area contributed by atoms with Gasteiger partial charge in [0, 0.05) is 25.5 Å². The Balaban J connectivity index is 2.39. The monoisotopic (exact) mass is 258 g/mol. The number of aryl methyl sites for hydroxylation is 1. The summed E-state index contributed by atoms with van der Waals surface area (Å²) in [6, 6.07) is 0.0899. The summed E-state index contributed by atoms with van der Waals surface area (Å²) in [5.41, 5.74) is 1.12. The van der Waals surface area contributed by atoms with Crippen molar-refractivity contribution in [2.45, 2.75) is 19.9 Å². The molecule has 0 aromatic carbocycles. The molecule has 2 aromatic heterocycles. The number of carboxylic acids is 1. The molecular formula is C13H14N4O2. The van der Waals surface area contributed by atoms with E-state index in [2.05, 4.69) is 22.0 Å². The van der Waals surface area contributed by atoms with E-state index in [1.54, 1.807) is 35.0 Å². The Morgan fingerprint density at radius 3 is 2.63 bits per heavy atom. The minimum atomic E-state index is -1.07. The van der Waals surface area contributed by atoms with E-state index < -0.39 is 5.97 Å². The maximum absolute atomic E-state index is 11.1. The summed E-state index contributed by atoms with van der Waals surface area (Å²) in [4.78, 5) is 11.1. The van der Waals surface area contributed by atoms with Crippen LogP contribution in [0.4, 0.5) is 0 Å². The molecule has 0 amide bonds. The fraction of sp³-hybridized carbons (Fsp3) is 0.308. The van der Waals surface area contributed by atoms with Crippen LogP contribution in [0.15, 0.2) is 18.6 Å². The third-order valence-electron chi connectivity index (χ3n) is 2.51. The lowest BCUT2D eigenvalue weighted by Crippen LogP contribution is -2.04. The van der Waals surface area contributed by atoms with Crippen LogP contribution in [-0.4, -0.2) is 30.6 Å². The lowest BCUT2D eigenvalue weighted by Gasteiger charge is -2.02. The maximum atomic E-state index is 11.1. The molecule has 19 heavy (non-hydrogen) atoms. The highest BCUT2D eigenvalue weighted by Gasteiger charge is 2.15. The highest BCUT2D eigenvalue weighted by Crippen LogP contribution is 2.10. The first-order chi connectivity index (χ1) is 8.97. The van der Waals surface area contributed by atoms with Gasteiger partial charge in [-0.3, -0.25) is 9.36 Å². The standard InChI is InChI=1S/C13H14N4O2/c1-9(2)17-8-11(12(15-17)13(18)19)5-4-10-6-14-16(3)7-10/h6-9H,1-3H3,(H,18,19). The van der Waals surface area contributed by atoms with Crippen molar-refractivity contribution in [2.75, 3.05) is 0 Å². The number of carboxylic acid groups (broad SMARTS) is 1. The summed E-state index contributed by atoms with van der Waals surface area (Å²) < 4.78 is 3.23. The number of hydrogen-bond acceptors (Lipinski definition) is 3. The van der Waals surface area contributed by atoms with Crippen LogP contribution >= 0.6 is 0 Å². The normalized spacial score (nSPS) is 10.3. The second-order valence-corrected chi connectivity index (χ2v) is 4.42. The average Bonchev–Trinajstić information content (AvgIpc) is 2.92. The molecular weight excluding hydrogens is 244 g/mol. The van der Waals surface area contributed by atoms with E-state index in [1.807, 2.05) is 13.8 Å². The van der Waals surface area contributed by atoms with Gasteiger partial charge in [0.05, 0.1) is 17.3 Å². The second kappa shape index (κ2) is 4.98. The van der Waals surface area contributed by atoms with Crippen molar-refractivity contribution in [3.8, 4) is 11.8 Å². The summed E-state index contributed by atoms with van der Waals surface area (Å²) >= 11 is 0. The molecule has 2 aromatic rings. The summed E-state index contributed by atoms with van der Waals surface area (Å²) in [5, 5.41) is 17.1. The smallest absolute Gasteiger partial charge is 0.357 e. The van der Waals surface area contributed by atoms with Crippen LogP contribution < -0.4 is 0 Å². The minimum Gasteiger partial charge on any atom is -0.476 e. The van der Waals surface area contributed by atoms with E-state index >= 15 is 0 Å². The number of rotatable bonds is 2. The SMILES string of the molecule is CC(C)n1cc(C#Cc2cnn(C)c2)c(C(=O)O)n1. The van der Waals surface area contributed by atoms with Crippen molar-refractivity contribution in [1.29, 1.82) is 0 Å². The maximum Gasteiger partial charge on any atom is 0.357 e. The summed E-state index contributed by atoms with van der Waals surface area (Å²) in [7, 11) is 1.80. The molecule has 0 aliphatic rings. The van der Waals surface area contributed by atoms with Crippen molar-refractivity contribution in [1.82, 2.24) is 19.6 Å². The Hall–Kier alpha value is -2.55. The second-order valence-electron chi connectivity index (χ2n) is 4.42. The van der Waals surface area contributed by atoms with Gasteiger partial charge in [0.1, 0.15) is 0 Å². The van der Waals surface area contributed by atoms with Crippen molar-refractivity contribution >= 4 is 5.97 Å². The third-order valence-corrected chi connectivity index (χ3v) is 2.51. The Morgan fingerprint density at radius 1 is 1.37 bits per heavy atom. The molecule has 0 fully saturated rings. The Labute approximate surface area is 110 Å². The highest BCUT2D eigenvalue weighted by molar-refractivity contribution is 5.88. The van der Waals surface area contributed by atoms with Crippen molar-refractivity contribution in [3.63, 3.8) is 0 Å². The van der Waals surface area contributed by atoms with Crippen molar-refractivity contribution < 1.29 is 9.90 Å². The summed E-state index contributed by atoms with van der Waals surface area (Å²) in [6.07, 6.45) is 5.04. The molecule has 0 saturated heterocycles. The quantitative estimate of drug-likeness (QED) is 0.824. The molecule has 0 unspecified atom stereocenters. The van der Waals surface area contributed by atoms with Gasteiger partial charge < -0.3 is 5.11 Å². The van der Waals surface area contributed by atoms with Gasteiger partial charge in [-0.05, 0) is 13.8 Å². The predicted molar refractivity (Wildman–Crippen MR) is 68.8 cm³/mol. The lowest BCUT2D eigenvalue weighted by atomic mass is 10.2. The van der Waals surface area contributed by atoms with Crippen molar-refractivity contribution in [3.05, 3.63) is 35.4 Å². The van der Waals surface area contributed by atoms with E-state index in [1.165, 1.54) is 0 Å².